The molecule has 0 fully saturated rings. The van der Waals surface area contributed by atoms with E-state index in [1.54, 1.807) is 6.92 Å². The molecule has 5 nitrogen and oxygen atoms in total. The first-order valence-electron chi connectivity index (χ1n) is 7.02. The molecule has 3 aromatic rings. The predicted octanol–water partition coefficient (Wildman–Crippen LogP) is 3.09. The number of benzene rings is 2. The zero-order chi connectivity index (χ0) is 16.4. The molecule has 2 aromatic carbocycles. The molecule has 23 heavy (non-hydrogen) atoms. The van der Waals surface area contributed by atoms with Crippen LogP contribution in [0, 0.1) is 6.92 Å². The van der Waals surface area contributed by atoms with E-state index in [9.17, 15) is 4.79 Å². The summed E-state index contributed by atoms with van der Waals surface area (Å²) in [6, 6.07) is 14.0. The summed E-state index contributed by atoms with van der Waals surface area (Å²) >= 11 is 1.16. The van der Waals surface area contributed by atoms with E-state index in [0.717, 1.165) is 27.7 Å². The highest BCUT2D eigenvalue weighted by Gasteiger charge is 2.14. The lowest BCUT2D eigenvalue weighted by Crippen LogP contribution is -2.35. The molecule has 0 aliphatic heterocycles. The Bertz CT molecular complexity index is 895. The number of carbonyl (C=O) groups is 1. The number of nitrogens with two attached hydrogens (primary N) is 1. The summed E-state index contributed by atoms with van der Waals surface area (Å²) in [7, 11) is 0. The third kappa shape index (κ3) is 3.02. The second-order valence-corrected chi connectivity index (χ2v) is 6.08. The lowest BCUT2D eigenvalue weighted by atomic mass is 10.0. The van der Waals surface area contributed by atoms with Gasteiger partial charge in [-0.25, -0.2) is 4.98 Å². The van der Waals surface area contributed by atoms with Gasteiger partial charge in [0.15, 0.2) is 5.13 Å². The van der Waals surface area contributed by atoms with Crippen LogP contribution in [-0.2, 0) is 0 Å². The van der Waals surface area contributed by atoms with Crippen LogP contribution in [0.15, 0.2) is 49.0 Å². The molecule has 6 heteroatoms. The number of fused-ring (bicyclic) bond motifs is 1. The Hall–Kier alpha value is -2.86. The molecule has 3 rings (SSSR count). The summed E-state index contributed by atoms with van der Waals surface area (Å²) in [4.78, 5) is 16.7. The van der Waals surface area contributed by atoms with Gasteiger partial charge < -0.3 is 5.73 Å². The van der Waals surface area contributed by atoms with Crippen molar-refractivity contribution in [3.05, 3.63) is 65.2 Å². The Morgan fingerprint density at radius 3 is 2.65 bits per heavy atom. The number of nitrogens with zero attached hydrogens (tertiary/aromatic N) is 1. The highest BCUT2D eigenvalue weighted by atomic mass is 32.1. The third-order valence-corrected chi connectivity index (χ3v) is 4.45. The Morgan fingerprint density at radius 2 is 1.91 bits per heavy atom. The molecule has 1 amide bonds. The molecule has 0 bridgehead atoms. The molecular formula is C17H16N4OS. The van der Waals surface area contributed by atoms with Crippen molar-refractivity contribution >= 4 is 38.8 Å². The number of hydrazine groups is 1. The quantitative estimate of drug-likeness (QED) is 0.644. The number of carbonyl (C=O) groups excluding carboxylic acids is 1. The number of hydrogen-bond acceptors (Lipinski definition) is 5. The minimum Gasteiger partial charge on any atom is -0.375 e. The molecule has 0 aliphatic carbocycles. The van der Waals surface area contributed by atoms with Gasteiger partial charge in [-0.1, -0.05) is 60.4 Å². The molecule has 4 N–H and O–H groups in total. The largest absolute Gasteiger partial charge is 0.375 e. The molecule has 0 saturated heterocycles. The van der Waals surface area contributed by atoms with E-state index in [0.29, 0.717) is 21.4 Å². The molecule has 116 valence electrons. The van der Waals surface area contributed by atoms with Gasteiger partial charge in [0.1, 0.15) is 4.88 Å². The minimum atomic E-state index is -0.280. The van der Waals surface area contributed by atoms with Crippen molar-refractivity contribution in [2.45, 2.75) is 6.92 Å². The summed E-state index contributed by atoms with van der Waals surface area (Å²) in [5, 5.41) is 2.56. The standard InChI is InChI=1S/C17H16N4OS/c1-10(13-9-5-7-12-6-3-4-8-14(12)13)20-21-16(22)15-11(2)19-17(18)23-15/h3-9,20H,1H2,2H3,(H2,18,19)(H,21,22). The average molecular weight is 324 g/mol. The van der Waals surface area contributed by atoms with Gasteiger partial charge in [-0.15, -0.1) is 0 Å². The molecule has 1 aromatic heterocycles. The van der Waals surface area contributed by atoms with Crippen molar-refractivity contribution in [1.29, 1.82) is 0 Å². The fourth-order valence-electron chi connectivity index (χ4n) is 2.37. The normalized spacial score (nSPS) is 10.5. The van der Waals surface area contributed by atoms with Gasteiger partial charge in [-0.05, 0) is 17.7 Å². The maximum absolute atomic E-state index is 12.2. The van der Waals surface area contributed by atoms with E-state index in [-0.39, 0.29) is 5.91 Å². The lowest BCUT2D eigenvalue weighted by molar-refractivity contribution is 0.0946. The van der Waals surface area contributed by atoms with Gasteiger partial charge in [0.05, 0.1) is 11.4 Å². The zero-order valence-corrected chi connectivity index (χ0v) is 13.4. The van der Waals surface area contributed by atoms with Crippen molar-refractivity contribution in [2.75, 3.05) is 5.73 Å². The highest BCUT2D eigenvalue weighted by molar-refractivity contribution is 7.17. The van der Waals surface area contributed by atoms with Crippen molar-refractivity contribution < 1.29 is 4.79 Å². The molecule has 1 heterocycles. The van der Waals surface area contributed by atoms with Gasteiger partial charge in [-0.3, -0.25) is 15.6 Å². The van der Waals surface area contributed by atoms with Crippen LogP contribution in [0.5, 0.6) is 0 Å². The molecule has 0 atom stereocenters. The van der Waals surface area contributed by atoms with Crippen LogP contribution in [0.4, 0.5) is 5.13 Å². The first-order valence-corrected chi connectivity index (χ1v) is 7.84. The third-order valence-electron chi connectivity index (χ3n) is 3.46. The molecule has 0 unspecified atom stereocenters. The molecular weight excluding hydrogens is 308 g/mol. The van der Waals surface area contributed by atoms with Gasteiger partial charge in [0.25, 0.3) is 5.91 Å². The fraction of sp³-hybridized carbons (Fsp3) is 0.0588. The maximum atomic E-state index is 12.2. The van der Waals surface area contributed by atoms with Gasteiger partial charge in [-0.2, -0.15) is 0 Å². The van der Waals surface area contributed by atoms with Crippen LogP contribution in [-0.4, -0.2) is 10.9 Å². The van der Waals surface area contributed by atoms with Crippen LogP contribution >= 0.6 is 11.3 Å². The predicted molar refractivity (Wildman–Crippen MR) is 94.8 cm³/mol. The van der Waals surface area contributed by atoms with E-state index in [2.05, 4.69) is 22.4 Å². The first kappa shape index (κ1) is 15.1. The Kier molecular flexibility index (Phi) is 3.99. The first-order chi connectivity index (χ1) is 11.1. The highest BCUT2D eigenvalue weighted by Crippen LogP contribution is 2.23. The van der Waals surface area contributed by atoms with E-state index in [4.69, 9.17) is 5.73 Å². The van der Waals surface area contributed by atoms with Crippen molar-refractivity contribution in [1.82, 2.24) is 15.8 Å². The Labute approximate surface area is 137 Å². The van der Waals surface area contributed by atoms with Crippen LogP contribution in [0.3, 0.4) is 0 Å². The lowest BCUT2D eigenvalue weighted by Gasteiger charge is -2.13. The number of anilines is 1. The molecule has 0 spiro atoms. The van der Waals surface area contributed by atoms with Crippen molar-refractivity contribution in [2.24, 2.45) is 0 Å². The second kappa shape index (κ2) is 6.10. The van der Waals surface area contributed by atoms with E-state index < -0.39 is 0 Å². The Morgan fingerprint density at radius 1 is 1.17 bits per heavy atom. The summed E-state index contributed by atoms with van der Waals surface area (Å²) in [6.45, 7) is 5.76. The van der Waals surface area contributed by atoms with Crippen molar-refractivity contribution in [3.8, 4) is 0 Å². The summed E-state index contributed by atoms with van der Waals surface area (Å²) in [5.41, 5.74) is 13.3. The summed E-state index contributed by atoms with van der Waals surface area (Å²) < 4.78 is 0. The van der Waals surface area contributed by atoms with Gasteiger partial charge >= 0.3 is 0 Å². The summed E-state index contributed by atoms with van der Waals surface area (Å²) in [6.07, 6.45) is 0. The van der Waals surface area contributed by atoms with Crippen LogP contribution in [0.25, 0.3) is 16.5 Å². The maximum Gasteiger partial charge on any atom is 0.281 e. The Balaban J connectivity index is 1.76. The number of thiazole rings is 1. The van der Waals surface area contributed by atoms with Gasteiger partial charge in [0, 0.05) is 5.56 Å². The van der Waals surface area contributed by atoms with E-state index >= 15 is 0 Å². The van der Waals surface area contributed by atoms with Crippen LogP contribution in [0.2, 0.25) is 0 Å². The number of rotatable bonds is 4. The molecule has 0 saturated carbocycles. The number of hydrogen-bond donors (Lipinski definition) is 3. The number of amides is 1. The fourth-order valence-corrected chi connectivity index (χ4v) is 3.10. The number of aromatic nitrogens is 1. The molecule has 0 aliphatic rings. The SMILES string of the molecule is C=C(NNC(=O)c1sc(N)nc1C)c1cccc2ccccc12. The van der Waals surface area contributed by atoms with E-state index in [1.807, 2.05) is 42.5 Å². The van der Waals surface area contributed by atoms with Crippen LogP contribution < -0.4 is 16.6 Å². The van der Waals surface area contributed by atoms with E-state index in [1.165, 1.54) is 0 Å². The van der Waals surface area contributed by atoms with Crippen LogP contribution in [0.1, 0.15) is 20.9 Å². The summed E-state index contributed by atoms with van der Waals surface area (Å²) in [5.74, 6) is -0.280. The number of nitrogen functional groups attached to an aromatic ring is 1. The topological polar surface area (TPSA) is 80.0 Å². The monoisotopic (exact) mass is 324 g/mol. The smallest absolute Gasteiger partial charge is 0.281 e. The molecule has 0 radical (unpaired) electrons. The second-order valence-electron chi connectivity index (χ2n) is 5.05. The van der Waals surface area contributed by atoms with Crippen molar-refractivity contribution in [3.63, 3.8) is 0 Å². The zero-order valence-electron chi connectivity index (χ0n) is 12.6. The average Bonchev–Trinajstić information content (AvgIpc) is 2.90. The number of aryl methyl sites for hydroxylation is 1. The number of nitrogens with one attached hydrogen (secondary N) is 2. The minimum absolute atomic E-state index is 0.280. The van der Waals surface area contributed by atoms with Gasteiger partial charge in [0.2, 0.25) is 0 Å².